The molecule has 3 nitrogen and oxygen atoms in total. The Bertz CT molecular complexity index is 820. The molecule has 2 heterocycles. The van der Waals surface area contributed by atoms with Crippen LogP contribution in [0.25, 0.3) is 10.6 Å². The lowest BCUT2D eigenvalue weighted by Gasteiger charge is -2.07. The molecule has 2 aromatic heterocycles. The molecule has 7 heteroatoms. The number of halogens is 3. The van der Waals surface area contributed by atoms with Gasteiger partial charge >= 0.3 is 6.18 Å². The molecule has 3 rings (SSSR count). The molecule has 1 amide bonds. The molecule has 3 aromatic rings. The fraction of sp³-hybridized carbons (Fsp3) is 0.118. The molecule has 0 spiro atoms. The summed E-state index contributed by atoms with van der Waals surface area (Å²) in [6.45, 7) is 0.158. The third-order valence-electron chi connectivity index (χ3n) is 3.32. The molecule has 124 valence electrons. The quantitative estimate of drug-likeness (QED) is 0.722. The van der Waals surface area contributed by atoms with E-state index in [0.717, 1.165) is 29.1 Å². The van der Waals surface area contributed by atoms with Crippen molar-refractivity contribution < 1.29 is 22.4 Å². The van der Waals surface area contributed by atoms with E-state index in [1.807, 2.05) is 23.6 Å². The van der Waals surface area contributed by atoms with Crippen LogP contribution < -0.4 is 5.32 Å². The van der Waals surface area contributed by atoms with Crippen LogP contribution in [0, 0.1) is 0 Å². The molecule has 0 saturated heterocycles. The molecular weight excluding hydrogens is 339 g/mol. The minimum atomic E-state index is -4.42. The van der Waals surface area contributed by atoms with Crippen molar-refractivity contribution in [1.29, 1.82) is 0 Å². The van der Waals surface area contributed by atoms with Gasteiger partial charge in [0.25, 0.3) is 5.91 Å². The van der Waals surface area contributed by atoms with E-state index in [9.17, 15) is 18.0 Å². The second-order valence-electron chi connectivity index (χ2n) is 5.00. The molecule has 1 N–H and O–H groups in total. The van der Waals surface area contributed by atoms with Crippen LogP contribution in [0.4, 0.5) is 13.2 Å². The average molecular weight is 351 g/mol. The number of nitrogens with one attached hydrogen (secondary N) is 1. The third kappa shape index (κ3) is 3.68. The number of carbonyl (C=O) groups excluding carboxylic acids is 1. The lowest BCUT2D eigenvalue weighted by atomic mass is 10.1. The number of alkyl halides is 3. The summed E-state index contributed by atoms with van der Waals surface area (Å²) in [7, 11) is 0. The van der Waals surface area contributed by atoms with Crippen molar-refractivity contribution in [2.75, 3.05) is 0 Å². The second-order valence-corrected chi connectivity index (χ2v) is 5.95. The monoisotopic (exact) mass is 351 g/mol. The molecule has 0 unspecified atom stereocenters. The molecule has 0 aliphatic carbocycles. The van der Waals surface area contributed by atoms with E-state index < -0.39 is 17.6 Å². The van der Waals surface area contributed by atoms with Crippen LogP contribution in [0.1, 0.15) is 21.7 Å². The minimum Gasteiger partial charge on any atom is -0.458 e. The number of thiophene rings is 1. The maximum atomic E-state index is 12.5. The highest BCUT2D eigenvalue weighted by atomic mass is 32.1. The van der Waals surface area contributed by atoms with Crippen LogP contribution in [0.2, 0.25) is 0 Å². The maximum Gasteiger partial charge on any atom is 0.416 e. The van der Waals surface area contributed by atoms with Gasteiger partial charge in [-0.3, -0.25) is 4.79 Å². The van der Waals surface area contributed by atoms with Crippen LogP contribution >= 0.6 is 11.3 Å². The van der Waals surface area contributed by atoms with Gasteiger partial charge in [-0.25, -0.2) is 0 Å². The maximum absolute atomic E-state index is 12.5. The predicted octanol–water partition coefficient (Wildman–Crippen LogP) is 4.96. The van der Waals surface area contributed by atoms with Gasteiger partial charge in [-0.05, 0) is 47.8 Å². The van der Waals surface area contributed by atoms with Crippen LogP contribution in [0.5, 0.6) is 0 Å². The zero-order valence-electron chi connectivity index (χ0n) is 12.3. The third-order valence-corrected chi connectivity index (χ3v) is 4.21. The molecule has 0 fully saturated rings. The predicted molar refractivity (Wildman–Crippen MR) is 84.6 cm³/mol. The number of hydrogen-bond acceptors (Lipinski definition) is 3. The first-order valence-electron chi connectivity index (χ1n) is 7.01. The summed E-state index contributed by atoms with van der Waals surface area (Å²) < 4.78 is 43.1. The number of furan rings is 1. The highest BCUT2D eigenvalue weighted by Gasteiger charge is 2.30. The van der Waals surface area contributed by atoms with Gasteiger partial charge in [-0.2, -0.15) is 13.2 Å². The molecule has 0 radical (unpaired) electrons. The molecule has 0 aliphatic heterocycles. The molecule has 0 aliphatic rings. The van der Waals surface area contributed by atoms with Gasteiger partial charge in [0, 0.05) is 5.56 Å². The lowest BCUT2D eigenvalue weighted by molar-refractivity contribution is -0.137. The number of rotatable bonds is 4. The van der Waals surface area contributed by atoms with Gasteiger partial charge in [0.1, 0.15) is 11.5 Å². The number of benzene rings is 1. The molecular formula is C17H12F3NO2S. The SMILES string of the molecule is O=C(NCc1ccc(-c2cccs2)o1)c1ccc(C(F)(F)F)cc1. The molecule has 1 aromatic carbocycles. The summed E-state index contributed by atoms with van der Waals surface area (Å²) in [5.41, 5.74) is -0.626. The molecule has 0 bridgehead atoms. The molecule has 24 heavy (non-hydrogen) atoms. The Morgan fingerprint density at radius 2 is 1.83 bits per heavy atom. The van der Waals surface area contributed by atoms with Crippen LogP contribution in [-0.4, -0.2) is 5.91 Å². The van der Waals surface area contributed by atoms with E-state index in [2.05, 4.69) is 5.32 Å². The van der Waals surface area contributed by atoms with E-state index in [1.54, 1.807) is 17.4 Å². The number of hydrogen-bond donors (Lipinski definition) is 1. The van der Waals surface area contributed by atoms with Gasteiger partial charge < -0.3 is 9.73 Å². The van der Waals surface area contributed by atoms with E-state index in [-0.39, 0.29) is 12.1 Å². The molecule has 0 saturated carbocycles. The van der Waals surface area contributed by atoms with Crippen molar-refractivity contribution in [3.63, 3.8) is 0 Å². The number of amides is 1. The van der Waals surface area contributed by atoms with Gasteiger partial charge in [-0.15, -0.1) is 11.3 Å². The van der Waals surface area contributed by atoms with E-state index in [1.165, 1.54) is 0 Å². The minimum absolute atomic E-state index is 0.158. The Labute approximate surface area is 139 Å². The topological polar surface area (TPSA) is 42.2 Å². The Balaban J connectivity index is 1.61. The van der Waals surface area contributed by atoms with Crippen molar-refractivity contribution in [2.45, 2.75) is 12.7 Å². The largest absolute Gasteiger partial charge is 0.458 e. The van der Waals surface area contributed by atoms with Crippen molar-refractivity contribution in [2.24, 2.45) is 0 Å². The van der Waals surface area contributed by atoms with Gasteiger partial charge in [0.15, 0.2) is 0 Å². The fourth-order valence-electron chi connectivity index (χ4n) is 2.10. The van der Waals surface area contributed by atoms with Gasteiger partial charge in [0.05, 0.1) is 17.0 Å². The van der Waals surface area contributed by atoms with Crippen LogP contribution in [0.15, 0.2) is 58.3 Å². The Kier molecular flexibility index (Phi) is 4.44. The standard InChI is InChI=1S/C17H12F3NO2S/c18-17(19,20)12-5-3-11(4-6-12)16(22)21-10-13-7-8-14(23-13)15-2-1-9-24-15/h1-9H,10H2,(H,21,22). The zero-order chi connectivity index (χ0) is 17.2. The van der Waals surface area contributed by atoms with Crippen molar-refractivity contribution in [3.8, 4) is 10.6 Å². The first-order valence-corrected chi connectivity index (χ1v) is 7.89. The van der Waals surface area contributed by atoms with Crippen LogP contribution in [-0.2, 0) is 12.7 Å². The summed E-state index contributed by atoms with van der Waals surface area (Å²) in [5, 5.41) is 4.56. The average Bonchev–Trinajstić information content (AvgIpc) is 3.23. The first-order chi connectivity index (χ1) is 11.4. The fourth-order valence-corrected chi connectivity index (χ4v) is 2.79. The normalized spacial score (nSPS) is 11.5. The lowest BCUT2D eigenvalue weighted by Crippen LogP contribution is -2.22. The number of carbonyl (C=O) groups is 1. The Morgan fingerprint density at radius 1 is 1.08 bits per heavy atom. The van der Waals surface area contributed by atoms with Crippen LogP contribution in [0.3, 0.4) is 0 Å². The molecule has 0 atom stereocenters. The Morgan fingerprint density at radius 3 is 2.46 bits per heavy atom. The highest BCUT2D eigenvalue weighted by molar-refractivity contribution is 7.13. The van der Waals surface area contributed by atoms with Gasteiger partial charge in [-0.1, -0.05) is 6.07 Å². The van der Waals surface area contributed by atoms with Crippen molar-refractivity contribution in [3.05, 3.63) is 70.8 Å². The summed E-state index contributed by atoms with van der Waals surface area (Å²) >= 11 is 1.54. The highest BCUT2D eigenvalue weighted by Crippen LogP contribution is 2.29. The summed E-state index contributed by atoms with van der Waals surface area (Å²) in [6, 6.07) is 11.5. The van der Waals surface area contributed by atoms with Crippen molar-refractivity contribution in [1.82, 2.24) is 5.32 Å². The van der Waals surface area contributed by atoms with E-state index in [0.29, 0.717) is 11.5 Å². The van der Waals surface area contributed by atoms with E-state index >= 15 is 0 Å². The summed E-state index contributed by atoms with van der Waals surface area (Å²) in [4.78, 5) is 13.0. The zero-order valence-corrected chi connectivity index (χ0v) is 13.1. The second kappa shape index (κ2) is 6.52. The van der Waals surface area contributed by atoms with Gasteiger partial charge in [0.2, 0.25) is 0 Å². The summed E-state index contributed by atoms with van der Waals surface area (Å²) in [6.07, 6.45) is -4.42. The van der Waals surface area contributed by atoms with E-state index in [4.69, 9.17) is 4.42 Å². The summed E-state index contributed by atoms with van der Waals surface area (Å²) in [5.74, 6) is 0.820. The Hall–Kier alpha value is -2.54. The van der Waals surface area contributed by atoms with Crippen molar-refractivity contribution >= 4 is 17.2 Å². The smallest absolute Gasteiger partial charge is 0.416 e. The first kappa shape index (κ1) is 16.3.